The Balaban J connectivity index is 2.67. The zero-order valence-corrected chi connectivity index (χ0v) is 13.7. The summed E-state index contributed by atoms with van der Waals surface area (Å²) in [5.74, 6) is 0. The van der Waals surface area contributed by atoms with E-state index in [1.54, 1.807) is 0 Å². The fourth-order valence-electron chi connectivity index (χ4n) is 1.82. The molecular weight excluding hydrogens is 435 g/mol. The molecule has 17 heavy (non-hydrogen) atoms. The monoisotopic (exact) mass is 436 g/mol. The van der Waals surface area contributed by atoms with Gasteiger partial charge in [0.25, 0.3) is 0 Å². The van der Waals surface area contributed by atoms with Crippen molar-refractivity contribution in [3.63, 3.8) is 0 Å². The number of benzene rings is 2. The van der Waals surface area contributed by atoms with Crippen LogP contribution < -0.4 is 0 Å². The quantitative estimate of drug-likeness (QED) is 0.287. The fraction of sp³-hybridized carbons (Fsp3) is 0. The summed E-state index contributed by atoms with van der Waals surface area (Å²) < 4.78 is 8.36. The largest absolute Gasteiger partial charge is 0.455 e. The molecule has 0 unspecified atom stereocenters. The van der Waals surface area contributed by atoms with Crippen LogP contribution in [0.4, 0.5) is 0 Å². The van der Waals surface area contributed by atoms with Gasteiger partial charge in [-0.1, -0.05) is 29.8 Å². The van der Waals surface area contributed by atoms with E-state index in [4.69, 9.17) is 16.0 Å². The molecule has 1 aromatic heterocycles. The van der Waals surface area contributed by atoms with Crippen molar-refractivity contribution in [1.29, 1.82) is 0 Å². The van der Waals surface area contributed by atoms with E-state index in [1.165, 1.54) is 0 Å². The summed E-state index contributed by atoms with van der Waals surface area (Å²) in [5.41, 5.74) is 1.58. The number of hydrogen-bond acceptors (Lipinski definition) is 1. The van der Waals surface area contributed by atoms with Gasteiger partial charge in [-0.05, 0) is 53.9 Å². The third kappa shape index (κ3) is 1.69. The lowest BCUT2D eigenvalue weighted by atomic mass is 10.1. The lowest BCUT2D eigenvalue weighted by Crippen LogP contribution is -1.78. The summed E-state index contributed by atoms with van der Waals surface area (Å²) in [6, 6.07) is 7.84. The molecule has 0 spiro atoms. The normalized spacial score (nSPS) is 11.5. The van der Waals surface area contributed by atoms with Gasteiger partial charge in [-0.3, -0.25) is 0 Å². The predicted octanol–water partition coefficient (Wildman–Crippen LogP) is 6.53. The maximum absolute atomic E-state index is 6.37. The molecule has 0 saturated carbocycles. The van der Waals surface area contributed by atoms with Crippen LogP contribution in [0, 0.1) is 0 Å². The second-order valence-electron chi connectivity index (χ2n) is 3.56. The van der Waals surface area contributed by atoms with Crippen LogP contribution in [0.5, 0.6) is 0 Å². The Morgan fingerprint density at radius 2 is 1.65 bits per heavy atom. The summed E-state index contributed by atoms with van der Waals surface area (Å²) in [5, 5.41) is 2.59. The van der Waals surface area contributed by atoms with E-state index < -0.39 is 0 Å². The average molecular weight is 439 g/mol. The van der Waals surface area contributed by atoms with Crippen LogP contribution in [0.1, 0.15) is 0 Å². The second kappa shape index (κ2) is 4.26. The lowest BCUT2D eigenvalue weighted by Gasteiger charge is -2.04. The molecule has 0 bridgehead atoms. The second-order valence-corrected chi connectivity index (χ2v) is 6.32. The number of fused-ring (bicyclic) bond motifs is 3. The van der Waals surface area contributed by atoms with Gasteiger partial charge in [0.05, 0.1) is 18.4 Å². The third-order valence-corrected chi connectivity index (χ3v) is 6.61. The number of halogens is 4. The fourth-order valence-corrected chi connectivity index (χ4v) is 3.73. The first-order valence-electron chi connectivity index (χ1n) is 4.74. The van der Waals surface area contributed by atoms with Gasteiger partial charge in [-0.15, -0.1) is 0 Å². The summed E-state index contributed by atoms with van der Waals surface area (Å²) in [6.45, 7) is 0. The van der Waals surface area contributed by atoms with Crippen molar-refractivity contribution in [2.75, 3.05) is 0 Å². The van der Waals surface area contributed by atoms with E-state index in [0.29, 0.717) is 5.02 Å². The van der Waals surface area contributed by atoms with Gasteiger partial charge >= 0.3 is 0 Å². The standard InChI is InChI=1S/C12H4Br3ClO/c13-8-9(14)11(16)7-5-3-1-2-4-6(5)17-12(7)10(8)15/h1-4H. The summed E-state index contributed by atoms with van der Waals surface area (Å²) in [7, 11) is 0. The highest BCUT2D eigenvalue weighted by atomic mass is 79.9. The summed E-state index contributed by atoms with van der Waals surface area (Å²) >= 11 is 16.8. The Bertz CT molecular complexity index is 748. The lowest BCUT2D eigenvalue weighted by molar-refractivity contribution is 0.666. The molecule has 0 N–H and O–H groups in total. The molecule has 1 heterocycles. The van der Waals surface area contributed by atoms with Gasteiger partial charge < -0.3 is 4.42 Å². The molecule has 0 aliphatic carbocycles. The number of para-hydroxylation sites is 1. The van der Waals surface area contributed by atoms with Crippen LogP contribution >= 0.6 is 59.4 Å². The van der Waals surface area contributed by atoms with E-state index in [2.05, 4.69) is 47.8 Å². The Morgan fingerprint density at radius 1 is 0.941 bits per heavy atom. The van der Waals surface area contributed by atoms with Crippen molar-refractivity contribution in [1.82, 2.24) is 0 Å². The third-order valence-electron chi connectivity index (χ3n) is 2.59. The number of rotatable bonds is 0. The van der Waals surface area contributed by atoms with E-state index in [-0.39, 0.29) is 0 Å². The maximum atomic E-state index is 6.37. The molecule has 0 atom stereocenters. The molecule has 3 aromatic rings. The van der Waals surface area contributed by atoms with Gasteiger partial charge in [0.1, 0.15) is 5.58 Å². The van der Waals surface area contributed by atoms with E-state index in [1.807, 2.05) is 24.3 Å². The molecule has 0 saturated heterocycles. The molecule has 0 fully saturated rings. The Labute approximate surface area is 127 Å². The molecule has 0 aliphatic rings. The molecule has 5 heteroatoms. The van der Waals surface area contributed by atoms with Crippen molar-refractivity contribution in [3.8, 4) is 0 Å². The molecule has 0 radical (unpaired) electrons. The minimum absolute atomic E-state index is 0.653. The highest BCUT2D eigenvalue weighted by molar-refractivity contribution is 9.14. The highest BCUT2D eigenvalue weighted by Crippen LogP contribution is 2.46. The highest BCUT2D eigenvalue weighted by Gasteiger charge is 2.19. The maximum Gasteiger partial charge on any atom is 0.152 e. The molecule has 86 valence electrons. The van der Waals surface area contributed by atoms with Crippen LogP contribution in [0.3, 0.4) is 0 Å². The summed E-state index contributed by atoms with van der Waals surface area (Å²) in [4.78, 5) is 0. The first kappa shape index (κ1) is 12.0. The molecule has 0 amide bonds. The first-order chi connectivity index (χ1) is 8.11. The molecule has 3 rings (SSSR count). The zero-order chi connectivity index (χ0) is 12.2. The zero-order valence-electron chi connectivity index (χ0n) is 8.23. The first-order valence-corrected chi connectivity index (χ1v) is 7.50. The molecule has 2 aromatic carbocycles. The number of hydrogen-bond donors (Lipinski definition) is 0. The molecular formula is C12H4Br3ClO. The Kier molecular flexibility index (Phi) is 3.02. The van der Waals surface area contributed by atoms with Crippen molar-refractivity contribution in [2.24, 2.45) is 0 Å². The summed E-state index contributed by atoms with van der Waals surface area (Å²) in [6.07, 6.45) is 0. The van der Waals surface area contributed by atoms with E-state index in [0.717, 1.165) is 35.4 Å². The SMILES string of the molecule is Clc1c(Br)c(Br)c(Br)c2oc3ccccc3c12. The van der Waals surface area contributed by atoms with Crippen LogP contribution in [-0.4, -0.2) is 0 Å². The van der Waals surface area contributed by atoms with Crippen molar-refractivity contribution in [3.05, 3.63) is 42.7 Å². The molecule has 0 aliphatic heterocycles. The van der Waals surface area contributed by atoms with Crippen LogP contribution in [-0.2, 0) is 0 Å². The average Bonchev–Trinajstić information content (AvgIpc) is 2.73. The van der Waals surface area contributed by atoms with Gasteiger partial charge in [0.2, 0.25) is 0 Å². The minimum Gasteiger partial charge on any atom is -0.455 e. The minimum atomic E-state index is 0.653. The van der Waals surface area contributed by atoms with E-state index in [9.17, 15) is 0 Å². The van der Waals surface area contributed by atoms with Crippen molar-refractivity contribution in [2.45, 2.75) is 0 Å². The Hall–Kier alpha value is -0.0300. The molecule has 1 nitrogen and oxygen atoms in total. The van der Waals surface area contributed by atoms with Gasteiger partial charge in [-0.25, -0.2) is 0 Å². The van der Waals surface area contributed by atoms with Gasteiger partial charge in [0.15, 0.2) is 5.58 Å². The van der Waals surface area contributed by atoms with Crippen molar-refractivity contribution < 1.29 is 4.42 Å². The van der Waals surface area contributed by atoms with Crippen LogP contribution in [0.2, 0.25) is 5.02 Å². The van der Waals surface area contributed by atoms with Gasteiger partial charge in [0, 0.05) is 10.8 Å². The van der Waals surface area contributed by atoms with Gasteiger partial charge in [-0.2, -0.15) is 0 Å². The van der Waals surface area contributed by atoms with Crippen LogP contribution in [0.15, 0.2) is 42.1 Å². The van der Waals surface area contributed by atoms with Crippen molar-refractivity contribution >= 4 is 81.3 Å². The predicted molar refractivity (Wildman–Crippen MR) is 81.8 cm³/mol. The van der Waals surface area contributed by atoms with E-state index >= 15 is 0 Å². The Morgan fingerprint density at radius 3 is 2.41 bits per heavy atom. The number of furan rings is 1. The smallest absolute Gasteiger partial charge is 0.152 e. The van der Waals surface area contributed by atoms with Crippen LogP contribution in [0.25, 0.3) is 21.9 Å². The topological polar surface area (TPSA) is 13.1 Å².